The average molecular weight is 179 g/mol. The van der Waals surface area contributed by atoms with Crippen LogP contribution in [0.3, 0.4) is 0 Å². The van der Waals surface area contributed by atoms with Crippen molar-refractivity contribution in [1.29, 1.82) is 5.26 Å². The van der Waals surface area contributed by atoms with Gasteiger partial charge in [0.1, 0.15) is 17.6 Å². The van der Waals surface area contributed by atoms with E-state index in [1.807, 2.05) is 6.07 Å². The normalized spacial score (nSPS) is 9.31. The summed E-state index contributed by atoms with van der Waals surface area (Å²) >= 11 is 0. The first-order valence-electron chi connectivity index (χ1n) is 3.63. The number of hydrogen-bond acceptors (Lipinski definition) is 4. The van der Waals surface area contributed by atoms with Crippen LogP contribution in [0.2, 0.25) is 0 Å². The van der Waals surface area contributed by atoms with Gasteiger partial charge in [-0.2, -0.15) is 5.26 Å². The highest BCUT2D eigenvalue weighted by atomic mass is 16.5. The maximum Gasteiger partial charge on any atom is 0.140 e. The Morgan fingerprint density at radius 3 is 2.69 bits per heavy atom. The molecular weight excluding hydrogens is 170 g/mol. The summed E-state index contributed by atoms with van der Waals surface area (Å²) in [7, 11) is 1.41. The molecule has 4 nitrogen and oxygen atoms in total. The monoisotopic (exact) mass is 179 g/mol. The lowest BCUT2D eigenvalue weighted by Crippen LogP contribution is -1.91. The van der Waals surface area contributed by atoms with Gasteiger partial charge in [0.2, 0.25) is 0 Å². The molecule has 0 aliphatic carbocycles. The van der Waals surface area contributed by atoms with Crippen molar-refractivity contribution in [2.45, 2.75) is 6.61 Å². The summed E-state index contributed by atoms with van der Waals surface area (Å²) in [5, 5.41) is 26.8. The molecule has 0 bridgehead atoms. The van der Waals surface area contributed by atoms with Crippen LogP contribution in [0.4, 0.5) is 0 Å². The molecular formula is C9H9NO3. The summed E-state index contributed by atoms with van der Waals surface area (Å²) in [6.07, 6.45) is 0. The molecule has 4 heteroatoms. The molecule has 0 aliphatic rings. The molecule has 13 heavy (non-hydrogen) atoms. The molecule has 0 fully saturated rings. The number of aliphatic hydroxyl groups excluding tert-OH is 1. The molecule has 1 aromatic carbocycles. The summed E-state index contributed by atoms with van der Waals surface area (Å²) < 4.78 is 4.85. The van der Waals surface area contributed by atoms with Crippen LogP contribution >= 0.6 is 0 Å². The van der Waals surface area contributed by atoms with E-state index in [4.69, 9.17) is 15.1 Å². The minimum atomic E-state index is -0.301. The van der Waals surface area contributed by atoms with Crippen molar-refractivity contribution in [2.24, 2.45) is 0 Å². The molecule has 0 atom stereocenters. The Hall–Kier alpha value is -1.73. The van der Waals surface area contributed by atoms with Crippen LogP contribution in [0.15, 0.2) is 12.1 Å². The Morgan fingerprint density at radius 1 is 1.54 bits per heavy atom. The van der Waals surface area contributed by atoms with Crippen LogP contribution in [0, 0.1) is 11.3 Å². The first-order valence-corrected chi connectivity index (χ1v) is 3.63. The van der Waals surface area contributed by atoms with Crippen LogP contribution in [0.1, 0.15) is 11.1 Å². The Kier molecular flexibility index (Phi) is 2.72. The fourth-order valence-electron chi connectivity index (χ4n) is 0.997. The van der Waals surface area contributed by atoms with Crippen molar-refractivity contribution in [1.82, 2.24) is 0 Å². The highest BCUT2D eigenvalue weighted by Gasteiger charge is 2.08. The van der Waals surface area contributed by atoms with Gasteiger partial charge in [-0.1, -0.05) is 0 Å². The number of aromatic hydroxyl groups is 1. The molecule has 0 heterocycles. The number of methoxy groups -OCH3 is 1. The van der Waals surface area contributed by atoms with Gasteiger partial charge in [0.05, 0.1) is 19.3 Å². The largest absolute Gasteiger partial charge is 0.507 e. The Balaban J connectivity index is 3.28. The highest BCUT2D eigenvalue weighted by Crippen LogP contribution is 2.27. The van der Waals surface area contributed by atoms with Crippen LogP contribution in [0.25, 0.3) is 0 Å². The van der Waals surface area contributed by atoms with Gasteiger partial charge in [-0.3, -0.25) is 0 Å². The molecule has 0 spiro atoms. The summed E-state index contributed by atoms with van der Waals surface area (Å²) in [5.41, 5.74) is 0.613. The van der Waals surface area contributed by atoms with E-state index in [2.05, 4.69) is 0 Å². The lowest BCUT2D eigenvalue weighted by atomic mass is 10.1. The molecule has 0 aliphatic heterocycles. The molecule has 0 radical (unpaired) electrons. The second-order valence-electron chi connectivity index (χ2n) is 2.45. The number of phenols is 1. The SMILES string of the molecule is COc1cc(O)c(CO)cc1C#N. The zero-order valence-electron chi connectivity index (χ0n) is 7.11. The number of benzene rings is 1. The van der Waals surface area contributed by atoms with Gasteiger partial charge in [0.25, 0.3) is 0 Å². The average Bonchev–Trinajstić information content (AvgIpc) is 2.17. The first kappa shape index (κ1) is 9.36. The van der Waals surface area contributed by atoms with Crippen molar-refractivity contribution in [3.05, 3.63) is 23.3 Å². The predicted molar refractivity (Wildman–Crippen MR) is 45.3 cm³/mol. The van der Waals surface area contributed by atoms with Gasteiger partial charge >= 0.3 is 0 Å². The zero-order valence-corrected chi connectivity index (χ0v) is 7.11. The number of rotatable bonds is 2. The quantitative estimate of drug-likeness (QED) is 0.703. The number of aliphatic hydroxyl groups is 1. The molecule has 68 valence electrons. The highest BCUT2D eigenvalue weighted by molar-refractivity contribution is 5.51. The van der Waals surface area contributed by atoms with Crippen molar-refractivity contribution in [3.63, 3.8) is 0 Å². The maximum atomic E-state index is 9.29. The molecule has 0 amide bonds. The van der Waals surface area contributed by atoms with E-state index in [1.54, 1.807) is 0 Å². The fraction of sp³-hybridized carbons (Fsp3) is 0.222. The molecule has 0 unspecified atom stereocenters. The van der Waals surface area contributed by atoms with Gasteiger partial charge in [-0.25, -0.2) is 0 Å². The van der Waals surface area contributed by atoms with Gasteiger partial charge in [-0.05, 0) is 6.07 Å². The van der Waals surface area contributed by atoms with E-state index in [9.17, 15) is 5.11 Å². The molecule has 2 N–H and O–H groups in total. The summed E-state index contributed by atoms with van der Waals surface area (Å²) in [4.78, 5) is 0. The Morgan fingerprint density at radius 2 is 2.23 bits per heavy atom. The van der Waals surface area contributed by atoms with Crippen LogP contribution in [0.5, 0.6) is 11.5 Å². The van der Waals surface area contributed by atoms with Crippen LogP contribution in [-0.2, 0) is 6.61 Å². The van der Waals surface area contributed by atoms with E-state index in [-0.39, 0.29) is 12.4 Å². The third kappa shape index (κ3) is 1.71. The minimum absolute atomic E-state index is 0.0710. The van der Waals surface area contributed by atoms with Crippen LogP contribution in [-0.4, -0.2) is 17.3 Å². The van der Waals surface area contributed by atoms with Crippen molar-refractivity contribution in [3.8, 4) is 17.6 Å². The first-order chi connectivity index (χ1) is 6.22. The zero-order chi connectivity index (χ0) is 9.84. The van der Waals surface area contributed by atoms with Gasteiger partial charge in [-0.15, -0.1) is 0 Å². The predicted octanol–water partition coefficient (Wildman–Crippen LogP) is 0.765. The lowest BCUT2D eigenvalue weighted by Gasteiger charge is -2.06. The summed E-state index contributed by atoms with van der Waals surface area (Å²) in [6, 6.07) is 4.61. The number of nitriles is 1. The standard InChI is InChI=1S/C9H9NO3/c1-13-9-3-8(12)7(5-11)2-6(9)4-10/h2-3,11-12H,5H2,1H3. The second kappa shape index (κ2) is 3.78. The molecule has 0 aromatic heterocycles. The van der Waals surface area contributed by atoms with E-state index >= 15 is 0 Å². The van der Waals surface area contributed by atoms with Crippen molar-refractivity contribution in [2.75, 3.05) is 7.11 Å². The second-order valence-corrected chi connectivity index (χ2v) is 2.45. The van der Waals surface area contributed by atoms with Gasteiger partial charge < -0.3 is 14.9 Å². The van der Waals surface area contributed by atoms with Gasteiger partial charge in [0.15, 0.2) is 0 Å². The van der Waals surface area contributed by atoms with Crippen molar-refractivity contribution < 1.29 is 14.9 Å². The van der Waals surface area contributed by atoms with Crippen molar-refractivity contribution >= 4 is 0 Å². The number of nitrogens with zero attached hydrogens (tertiary/aromatic N) is 1. The number of ether oxygens (including phenoxy) is 1. The molecule has 0 saturated heterocycles. The third-order valence-corrected chi connectivity index (χ3v) is 1.69. The van der Waals surface area contributed by atoms with E-state index in [0.717, 1.165) is 0 Å². The molecule has 1 rings (SSSR count). The minimum Gasteiger partial charge on any atom is -0.507 e. The van der Waals surface area contributed by atoms with Crippen LogP contribution < -0.4 is 4.74 Å². The number of hydrogen-bond donors (Lipinski definition) is 2. The maximum absolute atomic E-state index is 9.29. The third-order valence-electron chi connectivity index (χ3n) is 1.69. The molecule has 0 saturated carbocycles. The summed E-state index contributed by atoms with van der Waals surface area (Å²) in [5.74, 6) is 0.232. The molecule has 1 aromatic rings. The van der Waals surface area contributed by atoms with Gasteiger partial charge in [0, 0.05) is 11.6 Å². The summed E-state index contributed by atoms with van der Waals surface area (Å²) in [6.45, 7) is -0.301. The lowest BCUT2D eigenvalue weighted by molar-refractivity contribution is 0.275. The Bertz CT molecular complexity index is 355. The van der Waals surface area contributed by atoms with E-state index in [0.29, 0.717) is 16.9 Å². The van der Waals surface area contributed by atoms with E-state index < -0.39 is 0 Å². The van der Waals surface area contributed by atoms with E-state index in [1.165, 1.54) is 19.2 Å². The Labute approximate surface area is 75.6 Å². The fourth-order valence-corrected chi connectivity index (χ4v) is 0.997. The smallest absolute Gasteiger partial charge is 0.140 e. The topological polar surface area (TPSA) is 73.5 Å².